The summed E-state index contributed by atoms with van der Waals surface area (Å²) in [5.74, 6) is 2.37. The topological polar surface area (TPSA) is 34.1 Å². The highest BCUT2D eigenvalue weighted by Gasteiger charge is 2.25. The van der Waals surface area contributed by atoms with E-state index >= 15 is 0 Å². The Morgan fingerprint density at radius 1 is 1.06 bits per heavy atom. The summed E-state index contributed by atoms with van der Waals surface area (Å²) in [4.78, 5) is 0. The van der Waals surface area contributed by atoms with E-state index in [9.17, 15) is 8.42 Å². The van der Waals surface area contributed by atoms with Gasteiger partial charge in [-0.25, -0.2) is 8.42 Å². The maximum atomic E-state index is 11.4. The van der Waals surface area contributed by atoms with Crippen molar-refractivity contribution in [2.75, 3.05) is 11.5 Å². The third-order valence-corrected chi connectivity index (χ3v) is 6.10. The van der Waals surface area contributed by atoms with E-state index in [1.165, 1.54) is 44.9 Å². The second-order valence-electron chi connectivity index (χ2n) is 5.95. The van der Waals surface area contributed by atoms with Crippen LogP contribution in [0.4, 0.5) is 0 Å². The first-order chi connectivity index (χ1) is 8.57. The van der Waals surface area contributed by atoms with Crippen LogP contribution in [-0.2, 0) is 9.84 Å². The molecule has 2 nitrogen and oxygen atoms in total. The molecule has 0 aromatic rings. The molecule has 1 fully saturated rings. The molecule has 0 bridgehead atoms. The first-order valence-corrected chi connectivity index (χ1v) is 9.60. The van der Waals surface area contributed by atoms with E-state index in [-0.39, 0.29) is 0 Å². The molecule has 0 spiro atoms. The van der Waals surface area contributed by atoms with Gasteiger partial charge in [0.1, 0.15) is 9.84 Å². The minimum Gasteiger partial charge on any atom is -0.229 e. The third-order valence-electron chi connectivity index (χ3n) is 4.38. The van der Waals surface area contributed by atoms with Crippen LogP contribution in [0, 0.1) is 11.8 Å². The van der Waals surface area contributed by atoms with E-state index in [1.807, 2.05) is 0 Å². The van der Waals surface area contributed by atoms with E-state index < -0.39 is 9.84 Å². The van der Waals surface area contributed by atoms with Crippen molar-refractivity contribution in [1.29, 1.82) is 0 Å². The fourth-order valence-corrected chi connectivity index (χ4v) is 4.58. The van der Waals surface area contributed by atoms with Crippen molar-refractivity contribution in [1.82, 2.24) is 0 Å². The Hall–Kier alpha value is -0.0500. The minimum absolute atomic E-state index is 0.434. The Morgan fingerprint density at radius 3 is 2.28 bits per heavy atom. The van der Waals surface area contributed by atoms with Crippen LogP contribution in [0.5, 0.6) is 0 Å². The smallest absolute Gasteiger partial charge is 0.150 e. The van der Waals surface area contributed by atoms with E-state index in [2.05, 4.69) is 13.8 Å². The molecule has 1 rings (SSSR count). The summed E-state index contributed by atoms with van der Waals surface area (Å²) < 4.78 is 22.8. The van der Waals surface area contributed by atoms with Gasteiger partial charge in [-0.2, -0.15) is 0 Å². The average molecular weight is 274 g/mol. The zero-order chi connectivity index (χ0) is 13.4. The standard InChI is InChI=1S/C15H30O2S/c1-3-5-6-7-8-14(4-2)13-15-9-11-18(16,17)12-10-15/h14-15H,3-13H2,1-2H3. The van der Waals surface area contributed by atoms with Crippen LogP contribution < -0.4 is 0 Å². The summed E-state index contributed by atoms with van der Waals surface area (Å²) in [5.41, 5.74) is 0. The number of sulfone groups is 1. The van der Waals surface area contributed by atoms with E-state index in [0.717, 1.165) is 18.8 Å². The van der Waals surface area contributed by atoms with Crippen LogP contribution >= 0.6 is 0 Å². The van der Waals surface area contributed by atoms with Crippen molar-refractivity contribution in [2.45, 2.75) is 71.6 Å². The van der Waals surface area contributed by atoms with Crippen LogP contribution in [0.2, 0.25) is 0 Å². The predicted molar refractivity (Wildman–Crippen MR) is 78.5 cm³/mol. The Balaban J connectivity index is 2.22. The minimum atomic E-state index is -2.68. The molecule has 1 unspecified atom stereocenters. The average Bonchev–Trinajstić information content (AvgIpc) is 2.35. The SMILES string of the molecule is CCCCCCC(CC)CC1CCS(=O)(=O)CC1. The van der Waals surface area contributed by atoms with Gasteiger partial charge in [-0.1, -0.05) is 52.4 Å². The quantitative estimate of drug-likeness (QED) is 0.622. The van der Waals surface area contributed by atoms with Crippen molar-refractivity contribution >= 4 is 9.84 Å². The van der Waals surface area contributed by atoms with Gasteiger partial charge in [0.25, 0.3) is 0 Å². The fraction of sp³-hybridized carbons (Fsp3) is 1.00. The molecule has 0 aliphatic carbocycles. The van der Waals surface area contributed by atoms with Crippen molar-refractivity contribution < 1.29 is 8.42 Å². The van der Waals surface area contributed by atoms with Crippen LogP contribution in [0.25, 0.3) is 0 Å². The van der Waals surface area contributed by atoms with Gasteiger partial charge in [-0.05, 0) is 31.1 Å². The molecular weight excluding hydrogens is 244 g/mol. The number of hydrogen-bond acceptors (Lipinski definition) is 2. The fourth-order valence-electron chi connectivity index (χ4n) is 2.99. The van der Waals surface area contributed by atoms with E-state index in [4.69, 9.17) is 0 Å². The molecule has 0 N–H and O–H groups in total. The van der Waals surface area contributed by atoms with Crippen molar-refractivity contribution in [2.24, 2.45) is 11.8 Å². The predicted octanol–water partition coefficient (Wildman–Crippen LogP) is 4.20. The van der Waals surface area contributed by atoms with Gasteiger partial charge < -0.3 is 0 Å². The van der Waals surface area contributed by atoms with Crippen molar-refractivity contribution in [3.63, 3.8) is 0 Å². The molecule has 0 aromatic carbocycles. The molecular formula is C15H30O2S. The lowest BCUT2D eigenvalue weighted by Gasteiger charge is -2.26. The van der Waals surface area contributed by atoms with Gasteiger partial charge in [0.05, 0.1) is 11.5 Å². The molecule has 1 saturated heterocycles. The van der Waals surface area contributed by atoms with Gasteiger partial charge in [0.15, 0.2) is 0 Å². The molecule has 18 heavy (non-hydrogen) atoms. The Kier molecular flexibility index (Phi) is 7.28. The summed E-state index contributed by atoms with van der Waals surface area (Å²) in [6.45, 7) is 4.53. The first-order valence-electron chi connectivity index (χ1n) is 7.77. The highest BCUT2D eigenvalue weighted by atomic mass is 32.2. The zero-order valence-corrected chi connectivity index (χ0v) is 13.0. The summed E-state index contributed by atoms with van der Waals surface area (Å²) in [7, 11) is -2.68. The lowest BCUT2D eigenvalue weighted by Crippen LogP contribution is -2.24. The summed E-state index contributed by atoms with van der Waals surface area (Å²) in [5, 5.41) is 0. The molecule has 1 atom stereocenters. The van der Waals surface area contributed by atoms with Gasteiger partial charge in [-0.3, -0.25) is 0 Å². The maximum absolute atomic E-state index is 11.4. The molecule has 0 amide bonds. The largest absolute Gasteiger partial charge is 0.229 e. The van der Waals surface area contributed by atoms with Gasteiger partial charge in [0, 0.05) is 0 Å². The Bertz CT molecular complexity index is 294. The lowest BCUT2D eigenvalue weighted by atomic mass is 9.86. The molecule has 1 aliphatic heterocycles. The molecule has 0 aromatic heterocycles. The van der Waals surface area contributed by atoms with E-state index in [0.29, 0.717) is 17.4 Å². The van der Waals surface area contributed by atoms with Gasteiger partial charge >= 0.3 is 0 Å². The normalized spacial score (nSPS) is 21.9. The van der Waals surface area contributed by atoms with Crippen LogP contribution in [0.1, 0.15) is 71.6 Å². The Morgan fingerprint density at radius 2 is 1.72 bits per heavy atom. The van der Waals surface area contributed by atoms with Crippen molar-refractivity contribution in [3.8, 4) is 0 Å². The third kappa shape index (κ3) is 6.21. The van der Waals surface area contributed by atoms with Crippen LogP contribution in [-0.4, -0.2) is 19.9 Å². The monoisotopic (exact) mass is 274 g/mol. The summed E-state index contributed by atoms with van der Waals surface area (Å²) in [6.07, 6.45) is 11.1. The summed E-state index contributed by atoms with van der Waals surface area (Å²) in [6, 6.07) is 0. The highest BCUT2D eigenvalue weighted by molar-refractivity contribution is 7.91. The number of rotatable bonds is 8. The maximum Gasteiger partial charge on any atom is 0.150 e. The van der Waals surface area contributed by atoms with Crippen LogP contribution in [0.3, 0.4) is 0 Å². The van der Waals surface area contributed by atoms with Gasteiger partial charge in [-0.15, -0.1) is 0 Å². The Labute approximate surface area is 113 Å². The van der Waals surface area contributed by atoms with Crippen LogP contribution in [0.15, 0.2) is 0 Å². The lowest BCUT2D eigenvalue weighted by molar-refractivity contribution is 0.316. The summed E-state index contributed by atoms with van der Waals surface area (Å²) >= 11 is 0. The number of unbranched alkanes of at least 4 members (excludes halogenated alkanes) is 3. The first kappa shape index (κ1) is 16.0. The molecule has 0 radical (unpaired) electrons. The van der Waals surface area contributed by atoms with Crippen molar-refractivity contribution in [3.05, 3.63) is 0 Å². The molecule has 0 saturated carbocycles. The molecule has 3 heteroatoms. The second-order valence-corrected chi connectivity index (χ2v) is 8.26. The van der Waals surface area contributed by atoms with Gasteiger partial charge in [0.2, 0.25) is 0 Å². The van der Waals surface area contributed by atoms with E-state index in [1.54, 1.807) is 0 Å². The molecule has 1 heterocycles. The highest BCUT2D eigenvalue weighted by Crippen LogP contribution is 2.29. The molecule has 108 valence electrons. The number of hydrogen-bond donors (Lipinski definition) is 0. The zero-order valence-electron chi connectivity index (χ0n) is 12.2. The molecule has 1 aliphatic rings. The second kappa shape index (κ2) is 8.19.